The topological polar surface area (TPSA) is 38.7 Å². The van der Waals surface area contributed by atoms with Crippen LogP contribution < -0.4 is 0 Å². The highest BCUT2D eigenvalue weighted by atomic mass is 16.8. The largest absolute Gasteiger partial charge is 0.368 e. The highest BCUT2D eigenvalue weighted by molar-refractivity contribution is 4.71. The molecule has 0 aromatic rings. The van der Waals surface area contributed by atoms with Crippen LogP contribution in [0.5, 0.6) is 0 Å². The second kappa shape index (κ2) is 3.09. The van der Waals surface area contributed by atoms with Gasteiger partial charge in [-0.05, 0) is 6.92 Å². The van der Waals surface area contributed by atoms with E-state index >= 15 is 0 Å². The van der Waals surface area contributed by atoms with E-state index in [9.17, 15) is 5.11 Å². The van der Waals surface area contributed by atoms with Crippen molar-refractivity contribution in [1.82, 2.24) is 0 Å². The van der Waals surface area contributed by atoms with Crippen molar-refractivity contribution < 1.29 is 14.6 Å². The lowest BCUT2D eigenvalue weighted by Crippen LogP contribution is -2.46. The molecule has 0 aromatic carbocycles. The summed E-state index contributed by atoms with van der Waals surface area (Å²) in [4.78, 5) is 0. The minimum absolute atomic E-state index is 0.262. The summed E-state index contributed by atoms with van der Waals surface area (Å²) in [7, 11) is 0. The van der Waals surface area contributed by atoms with Crippen LogP contribution in [-0.2, 0) is 9.47 Å². The molecule has 1 aliphatic heterocycles. The maximum atomic E-state index is 9.19. The van der Waals surface area contributed by atoms with Crippen molar-refractivity contribution in [2.24, 2.45) is 5.92 Å². The van der Waals surface area contributed by atoms with E-state index in [0.717, 1.165) is 0 Å². The number of aliphatic hydroxyl groups is 1. The van der Waals surface area contributed by atoms with Gasteiger partial charge in [0.05, 0.1) is 6.61 Å². The molecule has 66 valence electrons. The molecule has 2 unspecified atom stereocenters. The van der Waals surface area contributed by atoms with E-state index in [2.05, 4.69) is 0 Å². The van der Waals surface area contributed by atoms with Crippen molar-refractivity contribution >= 4 is 0 Å². The van der Waals surface area contributed by atoms with Crippen molar-refractivity contribution in [3.05, 3.63) is 0 Å². The number of ether oxygens (including phenoxy) is 2. The average Bonchev–Trinajstić information content (AvgIpc) is 1.86. The standard InChI is InChI=1S/C8H16O3/c1-6(2)8(3)10-5-4-7(9)11-8/h6-7,9H,4-5H2,1-3H3. The summed E-state index contributed by atoms with van der Waals surface area (Å²) < 4.78 is 10.7. The third-order valence-electron chi connectivity index (χ3n) is 2.17. The first-order chi connectivity index (χ1) is 5.04. The Labute approximate surface area is 67.3 Å². The zero-order valence-corrected chi connectivity index (χ0v) is 7.33. The first-order valence-corrected chi connectivity index (χ1v) is 4.04. The Morgan fingerprint density at radius 2 is 2.18 bits per heavy atom. The molecule has 0 aromatic heterocycles. The van der Waals surface area contributed by atoms with E-state index in [4.69, 9.17) is 9.47 Å². The molecule has 1 N–H and O–H groups in total. The molecule has 1 saturated heterocycles. The van der Waals surface area contributed by atoms with Gasteiger partial charge >= 0.3 is 0 Å². The zero-order valence-electron chi connectivity index (χ0n) is 7.33. The van der Waals surface area contributed by atoms with Gasteiger partial charge in [-0.15, -0.1) is 0 Å². The Morgan fingerprint density at radius 1 is 1.55 bits per heavy atom. The lowest BCUT2D eigenvalue weighted by Gasteiger charge is -2.39. The van der Waals surface area contributed by atoms with Crippen LogP contribution in [0, 0.1) is 5.92 Å². The van der Waals surface area contributed by atoms with Crippen LogP contribution in [0.1, 0.15) is 27.2 Å². The van der Waals surface area contributed by atoms with Gasteiger partial charge in [-0.3, -0.25) is 0 Å². The van der Waals surface area contributed by atoms with E-state index < -0.39 is 12.1 Å². The molecule has 0 saturated carbocycles. The predicted molar refractivity (Wildman–Crippen MR) is 40.9 cm³/mol. The third kappa shape index (κ3) is 1.92. The van der Waals surface area contributed by atoms with Gasteiger partial charge in [-0.1, -0.05) is 13.8 Å². The van der Waals surface area contributed by atoms with Gasteiger partial charge in [0.2, 0.25) is 0 Å². The van der Waals surface area contributed by atoms with Crippen molar-refractivity contribution in [2.45, 2.75) is 39.3 Å². The molecule has 0 amide bonds. The Hall–Kier alpha value is -0.120. The van der Waals surface area contributed by atoms with E-state index in [1.807, 2.05) is 20.8 Å². The molecule has 1 aliphatic rings. The fourth-order valence-electron chi connectivity index (χ4n) is 1.03. The minimum Gasteiger partial charge on any atom is -0.368 e. The van der Waals surface area contributed by atoms with Gasteiger partial charge in [0, 0.05) is 12.3 Å². The second-order valence-corrected chi connectivity index (χ2v) is 3.38. The summed E-state index contributed by atoms with van der Waals surface area (Å²) in [5, 5.41) is 9.19. The van der Waals surface area contributed by atoms with Crippen molar-refractivity contribution in [2.75, 3.05) is 6.61 Å². The van der Waals surface area contributed by atoms with Crippen LogP contribution in [0.3, 0.4) is 0 Å². The Balaban J connectivity index is 2.55. The summed E-state index contributed by atoms with van der Waals surface area (Å²) in [6.45, 7) is 6.46. The lowest BCUT2D eigenvalue weighted by atomic mass is 10.0. The highest BCUT2D eigenvalue weighted by Gasteiger charge is 2.36. The molecular weight excluding hydrogens is 144 g/mol. The molecule has 1 rings (SSSR count). The Kier molecular flexibility index (Phi) is 2.52. The maximum absolute atomic E-state index is 9.19. The van der Waals surface area contributed by atoms with E-state index in [-0.39, 0.29) is 5.92 Å². The molecular formula is C8H16O3. The highest BCUT2D eigenvalue weighted by Crippen LogP contribution is 2.28. The molecule has 0 bridgehead atoms. The van der Waals surface area contributed by atoms with Gasteiger partial charge in [-0.25, -0.2) is 0 Å². The summed E-state index contributed by atoms with van der Waals surface area (Å²) >= 11 is 0. The van der Waals surface area contributed by atoms with Crippen LogP contribution in [0.4, 0.5) is 0 Å². The molecule has 1 fully saturated rings. The summed E-state index contributed by atoms with van der Waals surface area (Å²) in [5.74, 6) is -0.338. The fraction of sp³-hybridized carbons (Fsp3) is 1.00. The number of hydrogen-bond acceptors (Lipinski definition) is 3. The zero-order chi connectivity index (χ0) is 8.48. The Morgan fingerprint density at radius 3 is 2.55 bits per heavy atom. The van der Waals surface area contributed by atoms with Crippen LogP contribution in [0.25, 0.3) is 0 Å². The van der Waals surface area contributed by atoms with Crippen molar-refractivity contribution in [3.63, 3.8) is 0 Å². The molecule has 11 heavy (non-hydrogen) atoms. The monoisotopic (exact) mass is 160 g/mol. The van der Waals surface area contributed by atoms with Crippen molar-refractivity contribution in [1.29, 1.82) is 0 Å². The van der Waals surface area contributed by atoms with Gasteiger partial charge in [0.15, 0.2) is 12.1 Å². The van der Waals surface area contributed by atoms with Crippen LogP contribution >= 0.6 is 0 Å². The quantitative estimate of drug-likeness (QED) is 0.624. The van der Waals surface area contributed by atoms with E-state index in [1.54, 1.807) is 0 Å². The smallest absolute Gasteiger partial charge is 0.170 e. The lowest BCUT2D eigenvalue weighted by molar-refractivity contribution is -0.343. The summed E-state index contributed by atoms with van der Waals surface area (Å²) in [6.07, 6.45) is -0.0846. The Bertz CT molecular complexity index is 135. The van der Waals surface area contributed by atoms with Crippen LogP contribution in [-0.4, -0.2) is 23.8 Å². The second-order valence-electron chi connectivity index (χ2n) is 3.38. The third-order valence-corrected chi connectivity index (χ3v) is 2.17. The average molecular weight is 160 g/mol. The molecule has 2 atom stereocenters. The molecule has 3 nitrogen and oxygen atoms in total. The number of rotatable bonds is 1. The number of hydrogen-bond donors (Lipinski definition) is 1. The van der Waals surface area contributed by atoms with Gasteiger partial charge in [0.25, 0.3) is 0 Å². The van der Waals surface area contributed by atoms with Crippen molar-refractivity contribution in [3.8, 4) is 0 Å². The summed E-state index contributed by atoms with van der Waals surface area (Å²) in [5.41, 5.74) is 0. The molecule has 0 aliphatic carbocycles. The molecule has 1 heterocycles. The summed E-state index contributed by atoms with van der Waals surface area (Å²) in [6, 6.07) is 0. The molecule has 3 heteroatoms. The minimum atomic E-state index is -0.656. The molecule has 0 radical (unpaired) electrons. The predicted octanol–water partition coefficient (Wildman–Crippen LogP) is 1.11. The van der Waals surface area contributed by atoms with E-state index in [0.29, 0.717) is 13.0 Å². The molecule has 0 spiro atoms. The van der Waals surface area contributed by atoms with Crippen LogP contribution in [0.2, 0.25) is 0 Å². The fourth-order valence-corrected chi connectivity index (χ4v) is 1.03. The van der Waals surface area contributed by atoms with Gasteiger partial charge in [0.1, 0.15) is 0 Å². The first-order valence-electron chi connectivity index (χ1n) is 4.04. The SMILES string of the molecule is CC(C)C1(C)OCCC(O)O1. The first kappa shape index (κ1) is 8.97. The number of aliphatic hydroxyl groups excluding tert-OH is 1. The van der Waals surface area contributed by atoms with Gasteiger partial charge < -0.3 is 14.6 Å². The van der Waals surface area contributed by atoms with Crippen LogP contribution in [0.15, 0.2) is 0 Å². The van der Waals surface area contributed by atoms with Gasteiger partial charge in [-0.2, -0.15) is 0 Å². The maximum Gasteiger partial charge on any atom is 0.170 e. The normalized spacial score (nSPS) is 39.5. The van der Waals surface area contributed by atoms with E-state index in [1.165, 1.54) is 0 Å².